The van der Waals surface area contributed by atoms with Crippen LogP contribution in [0.15, 0.2) is 42.5 Å². The van der Waals surface area contributed by atoms with Gasteiger partial charge in [-0.05, 0) is 48.9 Å². The number of nitrogens with one attached hydrogen (secondary N) is 1. The van der Waals surface area contributed by atoms with E-state index in [0.29, 0.717) is 18.7 Å². The number of carbonyl (C=O) groups is 3. The Bertz CT molecular complexity index is 1040. The number of hydrogen-bond donors (Lipinski definition) is 1. The molecule has 1 heterocycles. The number of amides is 3. The number of likely N-dealkylation sites (N-methyl/N-ethyl adjacent to an activating group) is 1. The van der Waals surface area contributed by atoms with Gasteiger partial charge in [0.1, 0.15) is 5.75 Å². The van der Waals surface area contributed by atoms with Crippen LogP contribution < -0.4 is 15.0 Å². The molecule has 1 N–H and O–H groups in total. The molecule has 0 saturated carbocycles. The van der Waals surface area contributed by atoms with Gasteiger partial charge >= 0.3 is 6.18 Å². The summed E-state index contributed by atoms with van der Waals surface area (Å²) < 4.78 is 44.3. The summed E-state index contributed by atoms with van der Waals surface area (Å²) in [5.41, 5.74) is -0.411. The first-order chi connectivity index (χ1) is 15.5. The van der Waals surface area contributed by atoms with Crippen LogP contribution in [0.2, 0.25) is 5.02 Å². The highest BCUT2D eigenvalue weighted by Gasteiger charge is 2.33. The van der Waals surface area contributed by atoms with E-state index in [-0.39, 0.29) is 24.7 Å². The molecule has 1 saturated heterocycles. The van der Waals surface area contributed by atoms with E-state index in [1.165, 1.54) is 13.1 Å². The Balaban J connectivity index is 1.49. The van der Waals surface area contributed by atoms with E-state index in [2.05, 4.69) is 5.32 Å². The Morgan fingerprint density at radius 2 is 1.88 bits per heavy atom. The average Bonchev–Trinajstić information content (AvgIpc) is 3.18. The van der Waals surface area contributed by atoms with Crippen molar-refractivity contribution in [1.29, 1.82) is 0 Å². The van der Waals surface area contributed by atoms with Gasteiger partial charge in [-0.2, -0.15) is 13.2 Å². The van der Waals surface area contributed by atoms with Crippen LogP contribution in [0, 0.1) is 0 Å². The molecule has 0 unspecified atom stereocenters. The van der Waals surface area contributed by atoms with E-state index >= 15 is 0 Å². The van der Waals surface area contributed by atoms with Crippen LogP contribution in [0.3, 0.4) is 0 Å². The third-order valence-electron chi connectivity index (χ3n) is 4.95. The van der Waals surface area contributed by atoms with Crippen molar-refractivity contribution in [1.82, 2.24) is 4.90 Å². The molecule has 33 heavy (non-hydrogen) atoms. The van der Waals surface area contributed by atoms with Gasteiger partial charge in [0.15, 0.2) is 6.61 Å². The van der Waals surface area contributed by atoms with Gasteiger partial charge in [-0.1, -0.05) is 11.6 Å². The number of nitrogens with zero attached hydrogens (tertiary/aromatic N) is 2. The molecule has 0 aliphatic carbocycles. The second-order valence-corrected chi connectivity index (χ2v) is 7.83. The Hall–Kier alpha value is -3.27. The zero-order valence-electron chi connectivity index (χ0n) is 17.6. The molecule has 176 valence electrons. The average molecular weight is 484 g/mol. The number of halogens is 4. The summed E-state index contributed by atoms with van der Waals surface area (Å²) in [6.45, 7) is -0.0644. The molecule has 2 aromatic rings. The zero-order chi connectivity index (χ0) is 24.2. The molecule has 3 amide bonds. The number of ether oxygens (including phenoxy) is 1. The van der Waals surface area contributed by atoms with Gasteiger partial charge in [-0.3, -0.25) is 14.4 Å². The molecule has 0 spiro atoms. The second-order valence-electron chi connectivity index (χ2n) is 7.42. The van der Waals surface area contributed by atoms with Crippen molar-refractivity contribution >= 4 is 40.7 Å². The van der Waals surface area contributed by atoms with E-state index in [1.807, 2.05) is 0 Å². The molecule has 1 aliphatic rings. The third-order valence-corrected chi connectivity index (χ3v) is 5.28. The van der Waals surface area contributed by atoms with Crippen LogP contribution in [0.5, 0.6) is 5.75 Å². The van der Waals surface area contributed by atoms with Crippen molar-refractivity contribution in [3.63, 3.8) is 0 Å². The molecular formula is C22H21ClF3N3O4. The highest BCUT2D eigenvalue weighted by Crippen LogP contribution is 2.36. The number of benzene rings is 2. The summed E-state index contributed by atoms with van der Waals surface area (Å²) in [5.74, 6) is -0.707. The van der Waals surface area contributed by atoms with Crippen molar-refractivity contribution in [2.75, 3.05) is 37.0 Å². The molecular weight excluding hydrogens is 463 g/mol. The van der Waals surface area contributed by atoms with Crippen molar-refractivity contribution in [2.24, 2.45) is 0 Å². The number of anilines is 2. The van der Waals surface area contributed by atoms with Crippen molar-refractivity contribution < 1.29 is 32.3 Å². The predicted octanol–water partition coefficient (Wildman–Crippen LogP) is 3.96. The second kappa shape index (κ2) is 10.1. The Kier molecular flexibility index (Phi) is 7.47. The van der Waals surface area contributed by atoms with Crippen LogP contribution >= 0.6 is 11.6 Å². The molecule has 1 fully saturated rings. The smallest absolute Gasteiger partial charge is 0.417 e. The lowest BCUT2D eigenvalue weighted by Crippen LogP contribution is -2.37. The fourth-order valence-electron chi connectivity index (χ4n) is 3.22. The first kappa shape index (κ1) is 24.4. The SMILES string of the molecule is CN(CC(=O)Nc1ccc(Cl)c(C(F)(F)F)c1)C(=O)COc1ccc(N2CCCC2=O)cc1. The van der Waals surface area contributed by atoms with Crippen molar-refractivity contribution in [2.45, 2.75) is 19.0 Å². The normalized spacial score (nSPS) is 13.7. The van der Waals surface area contributed by atoms with E-state index in [4.69, 9.17) is 16.3 Å². The number of alkyl halides is 3. The molecule has 3 rings (SSSR count). The first-order valence-electron chi connectivity index (χ1n) is 9.98. The fourth-order valence-corrected chi connectivity index (χ4v) is 3.45. The maximum absolute atomic E-state index is 12.9. The summed E-state index contributed by atoms with van der Waals surface area (Å²) in [6.07, 6.45) is -3.33. The predicted molar refractivity (Wildman–Crippen MR) is 116 cm³/mol. The van der Waals surface area contributed by atoms with Gasteiger partial charge < -0.3 is 19.9 Å². The lowest BCUT2D eigenvalue weighted by atomic mass is 10.2. The van der Waals surface area contributed by atoms with Gasteiger partial charge in [-0.25, -0.2) is 0 Å². The summed E-state index contributed by atoms with van der Waals surface area (Å²) in [7, 11) is 1.37. The Labute approximate surface area is 193 Å². The first-order valence-corrected chi connectivity index (χ1v) is 10.4. The number of rotatable bonds is 7. The van der Waals surface area contributed by atoms with Crippen LogP contribution in [0.4, 0.5) is 24.5 Å². The van der Waals surface area contributed by atoms with Gasteiger partial charge in [-0.15, -0.1) is 0 Å². The monoisotopic (exact) mass is 483 g/mol. The summed E-state index contributed by atoms with van der Waals surface area (Å²) >= 11 is 5.56. The fraction of sp³-hybridized carbons (Fsp3) is 0.318. The standard InChI is InChI=1S/C22H21ClF3N3O4/c1-28(12-19(30)27-14-4-9-18(23)17(11-14)22(24,25)26)21(32)13-33-16-7-5-15(6-8-16)29-10-2-3-20(29)31/h4-9,11H,2-3,10,12-13H2,1H3,(H,27,30). The Morgan fingerprint density at radius 3 is 2.48 bits per heavy atom. The van der Waals surface area contributed by atoms with Crippen molar-refractivity contribution in [3.05, 3.63) is 53.1 Å². The topological polar surface area (TPSA) is 79.0 Å². The number of hydrogen-bond acceptors (Lipinski definition) is 4. The number of carbonyl (C=O) groups excluding carboxylic acids is 3. The quantitative estimate of drug-likeness (QED) is 0.646. The highest BCUT2D eigenvalue weighted by atomic mass is 35.5. The minimum absolute atomic E-state index is 0.0620. The molecule has 0 aromatic heterocycles. The molecule has 7 nitrogen and oxygen atoms in total. The maximum atomic E-state index is 12.9. The zero-order valence-corrected chi connectivity index (χ0v) is 18.4. The summed E-state index contributed by atoms with van der Waals surface area (Å²) in [4.78, 5) is 39.0. The lowest BCUT2D eigenvalue weighted by molar-refractivity contribution is -0.137. The van der Waals surface area contributed by atoms with Crippen molar-refractivity contribution in [3.8, 4) is 5.75 Å². The van der Waals surface area contributed by atoms with E-state index in [9.17, 15) is 27.6 Å². The highest BCUT2D eigenvalue weighted by molar-refractivity contribution is 6.31. The molecule has 0 atom stereocenters. The van der Waals surface area contributed by atoms with Crippen LogP contribution in [0.25, 0.3) is 0 Å². The van der Waals surface area contributed by atoms with Crippen LogP contribution in [0.1, 0.15) is 18.4 Å². The molecule has 0 bridgehead atoms. The van der Waals surface area contributed by atoms with Gasteiger partial charge in [0.25, 0.3) is 5.91 Å². The van der Waals surface area contributed by atoms with E-state index in [1.54, 1.807) is 29.2 Å². The minimum atomic E-state index is -4.66. The summed E-state index contributed by atoms with van der Waals surface area (Å²) in [6, 6.07) is 9.72. The molecule has 2 aromatic carbocycles. The van der Waals surface area contributed by atoms with Gasteiger partial charge in [0, 0.05) is 31.4 Å². The largest absolute Gasteiger partial charge is 0.484 e. The molecule has 11 heteroatoms. The van der Waals surface area contributed by atoms with E-state index in [0.717, 1.165) is 29.1 Å². The lowest BCUT2D eigenvalue weighted by Gasteiger charge is -2.18. The van der Waals surface area contributed by atoms with Gasteiger partial charge in [0.2, 0.25) is 11.8 Å². The maximum Gasteiger partial charge on any atom is 0.417 e. The molecule has 0 radical (unpaired) electrons. The Morgan fingerprint density at radius 1 is 1.18 bits per heavy atom. The van der Waals surface area contributed by atoms with Crippen LogP contribution in [-0.2, 0) is 20.6 Å². The van der Waals surface area contributed by atoms with Gasteiger partial charge in [0.05, 0.1) is 17.1 Å². The third kappa shape index (κ3) is 6.38. The van der Waals surface area contributed by atoms with Crippen LogP contribution in [-0.4, -0.2) is 49.4 Å². The molecule has 1 aliphatic heterocycles. The summed E-state index contributed by atoms with van der Waals surface area (Å²) in [5, 5.41) is 1.83. The minimum Gasteiger partial charge on any atom is -0.484 e. The van der Waals surface area contributed by atoms with E-state index < -0.39 is 28.6 Å².